The van der Waals surface area contributed by atoms with Crippen LogP contribution in [0.25, 0.3) is 0 Å². The molecule has 0 aliphatic carbocycles. The molecule has 0 spiro atoms. The Morgan fingerprint density at radius 2 is 1.52 bits per heavy atom. The van der Waals surface area contributed by atoms with Crippen LogP contribution in [0.15, 0.2) is 36.4 Å². The molecule has 27 heavy (non-hydrogen) atoms. The molecule has 2 aromatic rings. The molecule has 0 radical (unpaired) electrons. The first-order valence-electron chi connectivity index (χ1n) is 8.43. The van der Waals surface area contributed by atoms with Gasteiger partial charge in [0, 0.05) is 24.7 Å². The van der Waals surface area contributed by atoms with Gasteiger partial charge in [0.2, 0.25) is 11.7 Å². The predicted molar refractivity (Wildman–Crippen MR) is 103 cm³/mol. The Kier molecular flexibility index (Phi) is 7.05. The maximum Gasteiger partial charge on any atom is 0.251 e. The van der Waals surface area contributed by atoms with E-state index in [0.29, 0.717) is 34.9 Å². The van der Waals surface area contributed by atoms with Crippen molar-refractivity contribution in [1.82, 2.24) is 5.32 Å². The predicted octanol–water partition coefficient (Wildman–Crippen LogP) is 2.64. The topological polar surface area (TPSA) is 85.9 Å². The molecule has 0 heterocycles. The lowest BCUT2D eigenvalue weighted by molar-refractivity contribution is -0.116. The number of benzene rings is 2. The third kappa shape index (κ3) is 5.13. The fraction of sp³-hybridized carbons (Fsp3) is 0.300. The summed E-state index contributed by atoms with van der Waals surface area (Å²) in [6.07, 6.45) is 0.800. The Bertz CT molecular complexity index is 778. The number of hydrogen-bond donors (Lipinski definition) is 2. The van der Waals surface area contributed by atoms with E-state index in [1.165, 1.54) is 0 Å². The van der Waals surface area contributed by atoms with Crippen molar-refractivity contribution in [3.63, 3.8) is 0 Å². The molecule has 0 saturated carbocycles. The van der Waals surface area contributed by atoms with E-state index in [4.69, 9.17) is 14.2 Å². The van der Waals surface area contributed by atoms with Crippen LogP contribution in [0.1, 0.15) is 22.3 Å². The van der Waals surface area contributed by atoms with Crippen molar-refractivity contribution in [1.29, 1.82) is 0 Å². The first-order chi connectivity index (χ1) is 13.0. The number of carbonyl (C=O) groups is 2. The lowest BCUT2D eigenvalue weighted by atomic mass is 10.1. The van der Waals surface area contributed by atoms with Crippen LogP contribution in [-0.4, -0.2) is 40.2 Å². The van der Waals surface area contributed by atoms with Crippen molar-refractivity contribution < 1.29 is 23.8 Å². The summed E-state index contributed by atoms with van der Waals surface area (Å²) in [4.78, 5) is 23.7. The highest BCUT2D eigenvalue weighted by Crippen LogP contribution is 2.38. The molecule has 2 amide bonds. The third-order valence-electron chi connectivity index (χ3n) is 4.02. The molecule has 0 aliphatic rings. The van der Waals surface area contributed by atoms with Gasteiger partial charge in [0.15, 0.2) is 11.5 Å². The first kappa shape index (κ1) is 20.1. The van der Waals surface area contributed by atoms with Crippen LogP contribution < -0.4 is 24.8 Å². The summed E-state index contributed by atoms with van der Waals surface area (Å²) < 4.78 is 15.9. The molecular formula is C20H24N2O5. The fourth-order valence-electron chi connectivity index (χ4n) is 2.61. The Labute approximate surface area is 158 Å². The maximum atomic E-state index is 12.2. The zero-order valence-corrected chi connectivity index (χ0v) is 15.9. The summed E-state index contributed by atoms with van der Waals surface area (Å²) in [5, 5.41) is 5.37. The molecule has 0 saturated heterocycles. The second kappa shape index (κ2) is 9.47. The largest absolute Gasteiger partial charge is 0.493 e. The van der Waals surface area contributed by atoms with Crippen LogP contribution in [0, 0.1) is 0 Å². The zero-order valence-electron chi connectivity index (χ0n) is 15.9. The minimum atomic E-state index is -0.171. The van der Waals surface area contributed by atoms with Gasteiger partial charge in [0.25, 0.3) is 5.91 Å². The molecule has 0 unspecified atom stereocenters. The average Bonchev–Trinajstić information content (AvgIpc) is 2.71. The van der Waals surface area contributed by atoms with Gasteiger partial charge in [-0.05, 0) is 48.4 Å². The van der Waals surface area contributed by atoms with Gasteiger partial charge in [-0.25, -0.2) is 0 Å². The Balaban J connectivity index is 2.00. The van der Waals surface area contributed by atoms with E-state index in [1.807, 2.05) is 12.1 Å². The number of carbonyl (C=O) groups excluding carboxylic acids is 2. The molecule has 0 aromatic heterocycles. The molecule has 2 rings (SSSR count). The van der Waals surface area contributed by atoms with Gasteiger partial charge in [-0.15, -0.1) is 0 Å². The van der Waals surface area contributed by atoms with E-state index in [1.54, 1.807) is 52.6 Å². The molecule has 0 atom stereocenters. The van der Waals surface area contributed by atoms with Gasteiger partial charge in [0.1, 0.15) is 0 Å². The van der Waals surface area contributed by atoms with Crippen molar-refractivity contribution in [2.75, 3.05) is 33.7 Å². The van der Waals surface area contributed by atoms with E-state index in [-0.39, 0.29) is 18.2 Å². The van der Waals surface area contributed by atoms with E-state index in [2.05, 4.69) is 10.6 Å². The molecular weight excluding hydrogens is 348 g/mol. The normalized spacial score (nSPS) is 10.1. The number of amides is 2. The molecule has 7 heteroatoms. The standard InChI is InChI=1S/C20H24N2O5/c1-21-20(24)14-6-8-15(9-7-14)22-18(23)10-5-13-11-16(25-2)19(27-4)17(12-13)26-3/h6-9,11-12H,5,10H2,1-4H3,(H,21,24)(H,22,23). The number of ether oxygens (including phenoxy) is 3. The van der Waals surface area contributed by atoms with Crippen LogP contribution in [0.4, 0.5) is 5.69 Å². The molecule has 144 valence electrons. The Morgan fingerprint density at radius 1 is 0.926 bits per heavy atom. The van der Waals surface area contributed by atoms with E-state index >= 15 is 0 Å². The summed E-state index contributed by atoms with van der Waals surface area (Å²) in [6.45, 7) is 0. The number of aryl methyl sites for hydroxylation is 1. The monoisotopic (exact) mass is 372 g/mol. The minimum Gasteiger partial charge on any atom is -0.493 e. The van der Waals surface area contributed by atoms with E-state index < -0.39 is 0 Å². The number of anilines is 1. The van der Waals surface area contributed by atoms with E-state index in [0.717, 1.165) is 5.56 Å². The molecule has 2 aromatic carbocycles. The van der Waals surface area contributed by atoms with E-state index in [9.17, 15) is 9.59 Å². The van der Waals surface area contributed by atoms with Gasteiger partial charge in [0.05, 0.1) is 21.3 Å². The molecule has 0 bridgehead atoms. The van der Waals surface area contributed by atoms with Crippen molar-refractivity contribution >= 4 is 17.5 Å². The summed E-state index contributed by atoms with van der Waals surface area (Å²) in [5.41, 5.74) is 2.07. The van der Waals surface area contributed by atoms with Gasteiger partial charge in [-0.2, -0.15) is 0 Å². The summed E-state index contributed by atoms with van der Waals surface area (Å²) >= 11 is 0. The zero-order chi connectivity index (χ0) is 19.8. The Hall–Kier alpha value is -3.22. The highest BCUT2D eigenvalue weighted by Gasteiger charge is 2.14. The van der Waals surface area contributed by atoms with Crippen molar-refractivity contribution in [2.24, 2.45) is 0 Å². The summed E-state index contributed by atoms with van der Waals surface area (Å²) in [6, 6.07) is 10.4. The second-order valence-electron chi connectivity index (χ2n) is 5.74. The van der Waals surface area contributed by atoms with Gasteiger partial charge in [-0.1, -0.05) is 0 Å². The number of methoxy groups -OCH3 is 3. The van der Waals surface area contributed by atoms with Crippen molar-refractivity contribution in [2.45, 2.75) is 12.8 Å². The van der Waals surface area contributed by atoms with Crippen LogP contribution in [-0.2, 0) is 11.2 Å². The van der Waals surface area contributed by atoms with Crippen molar-refractivity contribution in [3.8, 4) is 17.2 Å². The smallest absolute Gasteiger partial charge is 0.251 e. The number of rotatable bonds is 8. The highest BCUT2D eigenvalue weighted by molar-refractivity contribution is 5.95. The van der Waals surface area contributed by atoms with Crippen LogP contribution >= 0.6 is 0 Å². The minimum absolute atomic E-state index is 0.128. The summed E-state index contributed by atoms with van der Waals surface area (Å²) in [7, 11) is 6.22. The lowest BCUT2D eigenvalue weighted by Gasteiger charge is -2.14. The van der Waals surface area contributed by atoms with Crippen molar-refractivity contribution in [3.05, 3.63) is 47.5 Å². The second-order valence-corrected chi connectivity index (χ2v) is 5.74. The van der Waals surface area contributed by atoms with Crippen LogP contribution in [0.3, 0.4) is 0 Å². The quantitative estimate of drug-likeness (QED) is 0.744. The molecule has 7 nitrogen and oxygen atoms in total. The Morgan fingerprint density at radius 3 is 2.00 bits per heavy atom. The maximum absolute atomic E-state index is 12.2. The van der Waals surface area contributed by atoms with Crippen LogP contribution in [0.5, 0.6) is 17.2 Å². The third-order valence-corrected chi connectivity index (χ3v) is 4.02. The van der Waals surface area contributed by atoms with Crippen LogP contribution in [0.2, 0.25) is 0 Å². The summed E-state index contributed by atoms with van der Waals surface area (Å²) in [5.74, 6) is 1.32. The molecule has 0 fully saturated rings. The molecule has 0 aliphatic heterocycles. The highest BCUT2D eigenvalue weighted by atomic mass is 16.5. The molecule has 2 N–H and O–H groups in total. The SMILES string of the molecule is CNC(=O)c1ccc(NC(=O)CCc2cc(OC)c(OC)c(OC)c2)cc1. The van der Waals surface area contributed by atoms with Gasteiger partial charge >= 0.3 is 0 Å². The lowest BCUT2D eigenvalue weighted by Crippen LogP contribution is -2.18. The fourth-order valence-corrected chi connectivity index (χ4v) is 2.61. The first-order valence-corrected chi connectivity index (χ1v) is 8.43. The number of nitrogens with one attached hydrogen (secondary N) is 2. The average molecular weight is 372 g/mol. The number of hydrogen-bond acceptors (Lipinski definition) is 5. The van der Waals surface area contributed by atoms with Gasteiger partial charge < -0.3 is 24.8 Å². The van der Waals surface area contributed by atoms with Gasteiger partial charge in [-0.3, -0.25) is 9.59 Å².